The molecule has 1 saturated carbocycles. The Bertz CT molecular complexity index is 615. The first-order valence-corrected chi connectivity index (χ1v) is 9.49. The minimum atomic E-state index is -0.659. The lowest BCUT2D eigenvalue weighted by Crippen LogP contribution is -2.24. The van der Waals surface area contributed by atoms with E-state index in [2.05, 4.69) is 6.92 Å². The number of hydrogen-bond acceptors (Lipinski definition) is 3. The highest BCUT2D eigenvalue weighted by Crippen LogP contribution is 2.44. The zero-order valence-electron chi connectivity index (χ0n) is 15.2. The normalized spacial score (nSPS) is 16.2. The first-order chi connectivity index (χ1) is 12.1. The number of carbonyl (C=O) groups is 1. The van der Waals surface area contributed by atoms with Gasteiger partial charge in [-0.25, -0.2) is 4.39 Å². The molecule has 3 nitrogen and oxygen atoms in total. The molecule has 1 fully saturated rings. The van der Waals surface area contributed by atoms with E-state index in [1.165, 1.54) is 63.5 Å². The number of nitrogens with zero attached hydrogens (tertiary/aromatic N) is 1. The van der Waals surface area contributed by atoms with Gasteiger partial charge in [-0.3, -0.25) is 4.79 Å². The third-order valence-corrected chi connectivity index (χ3v) is 5.36. The summed E-state index contributed by atoms with van der Waals surface area (Å²) in [4.78, 5) is 12.0. The number of benzene rings is 1. The van der Waals surface area contributed by atoms with Crippen molar-refractivity contribution >= 4 is 5.97 Å². The molecule has 4 heteroatoms. The molecule has 0 unspecified atom stereocenters. The molecule has 0 aliphatic heterocycles. The molecule has 0 atom stereocenters. The van der Waals surface area contributed by atoms with Crippen LogP contribution in [0, 0.1) is 22.6 Å². The summed E-state index contributed by atoms with van der Waals surface area (Å²) in [7, 11) is 0. The topological polar surface area (TPSA) is 50.1 Å². The quantitative estimate of drug-likeness (QED) is 0.434. The van der Waals surface area contributed by atoms with Gasteiger partial charge < -0.3 is 4.74 Å². The summed E-state index contributed by atoms with van der Waals surface area (Å²) in [6.45, 7) is 2.23. The van der Waals surface area contributed by atoms with E-state index < -0.39 is 5.82 Å². The summed E-state index contributed by atoms with van der Waals surface area (Å²) >= 11 is 0. The van der Waals surface area contributed by atoms with Crippen LogP contribution >= 0.6 is 0 Å². The smallest absolute Gasteiger partial charge is 0.311 e. The van der Waals surface area contributed by atoms with Gasteiger partial charge in [0.25, 0.3) is 0 Å². The van der Waals surface area contributed by atoms with E-state index in [0.717, 1.165) is 18.9 Å². The van der Waals surface area contributed by atoms with Crippen LogP contribution in [0.15, 0.2) is 18.2 Å². The van der Waals surface area contributed by atoms with Gasteiger partial charge in [0.05, 0.1) is 5.56 Å². The summed E-state index contributed by atoms with van der Waals surface area (Å²) in [5.74, 6) is -0.820. The van der Waals surface area contributed by atoms with Crippen LogP contribution in [0.5, 0.6) is 5.75 Å². The van der Waals surface area contributed by atoms with Gasteiger partial charge in [0.15, 0.2) is 0 Å². The molecular weight excluding hydrogens is 317 g/mol. The summed E-state index contributed by atoms with van der Waals surface area (Å²) < 4.78 is 18.8. The number of carbonyl (C=O) groups excluding carboxylic acids is 1. The lowest BCUT2D eigenvalue weighted by atomic mass is 9.68. The van der Waals surface area contributed by atoms with E-state index in [1.807, 2.05) is 0 Å². The Morgan fingerprint density at radius 3 is 2.60 bits per heavy atom. The monoisotopic (exact) mass is 345 g/mol. The predicted molar refractivity (Wildman–Crippen MR) is 95.6 cm³/mol. The largest absolute Gasteiger partial charge is 0.426 e. The third kappa shape index (κ3) is 5.85. The highest BCUT2D eigenvalue weighted by Gasteiger charge is 2.30. The molecule has 1 aromatic rings. The number of rotatable bonds is 8. The minimum absolute atomic E-state index is 0.0463. The minimum Gasteiger partial charge on any atom is -0.426 e. The SMILES string of the molecule is CCCCC1(CCCC(=O)Oc2ccc(C#N)c(F)c2)CCCCC1. The van der Waals surface area contributed by atoms with Crippen LogP contribution in [0.3, 0.4) is 0 Å². The zero-order valence-corrected chi connectivity index (χ0v) is 15.2. The van der Waals surface area contributed by atoms with E-state index >= 15 is 0 Å². The summed E-state index contributed by atoms with van der Waals surface area (Å²) in [5, 5.41) is 8.72. The van der Waals surface area contributed by atoms with E-state index in [1.54, 1.807) is 6.07 Å². The van der Waals surface area contributed by atoms with Gasteiger partial charge in [0.1, 0.15) is 17.6 Å². The highest BCUT2D eigenvalue weighted by molar-refractivity contribution is 5.72. The number of esters is 1. The molecule has 1 aliphatic rings. The van der Waals surface area contributed by atoms with Gasteiger partial charge in [0, 0.05) is 12.5 Å². The molecule has 0 amide bonds. The lowest BCUT2D eigenvalue weighted by molar-refractivity contribution is -0.134. The zero-order chi connectivity index (χ0) is 18.1. The second-order valence-corrected chi connectivity index (χ2v) is 7.25. The van der Waals surface area contributed by atoms with Crippen molar-refractivity contribution in [1.29, 1.82) is 5.26 Å². The van der Waals surface area contributed by atoms with E-state index in [4.69, 9.17) is 10.00 Å². The van der Waals surface area contributed by atoms with Crippen LogP contribution in [0.1, 0.15) is 83.1 Å². The number of nitriles is 1. The number of unbranched alkanes of at least 4 members (excludes halogenated alkanes) is 1. The van der Waals surface area contributed by atoms with E-state index in [0.29, 0.717) is 11.8 Å². The molecular formula is C21H28FNO2. The van der Waals surface area contributed by atoms with Gasteiger partial charge >= 0.3 is 5.97 Å². The Labute approximate surface area is 150 Å². The first kappa shape index (κ1) is 19.4. The van der Waals surface area contributed by atoms with Gasteiger partial charge in [-0.05, 0) is 49.7 Å². The molecule has 0 bridgehead atoms. The van der Waals surface area contributed by atoms with Gasteiger partial charge in [-0.1, -0.05) is 39.0 Å². The first-order valence-electron chi connectivity index (χ1n) is 9.49. The Kier molecular flexibility index (Phi) is 7.43. The van der Waals surface area contributed by atoms with Crippen molar-refractivity contribution in [2.24, 2.45) is 5.41 Å². The molecule has 136 valence electrons. The molecule has 0 saturated heterocycles. The third-order valence-electron chi connectivity index (χ3n) is 5.36. The summed E-state index contributed by atoms with van der Waals surface area (Å²) in [6, 6.07) is 5.64. The second kappa shape index (κ2) is 9.56. The van der Waals surface area contributed by atoms with Gasteiger partial charge in [-0.2, -0.15) is 5.26 Å². The maximum absolute atomic E-state index is 13.6. The van der Waals surface area contributed by atoms with Crippen LogP contribution in [0.4, 0.5) is 4.39 Å². The Balaban J connectivity index is 1.82. The lowest BCUT2D eigenvalue weighted by Gasteiger charge is -2.37. The van der Waals surface area contributed by atoms with Gasteiger partial charge in [0.2, 0.25) is 0 Å². The highest BCUT2D eigenvalue weighted by atomic mass is 19.1. The van der Waals surface area contributed by atoms with Crippen molar-refractivity contribution in [3.63, 3.8) is 0 Å². The van der Waals surface area contributed by atoms with Gasteiger partial charge in [-0.15, -0.1) is 0 Å². The maximum Gasteiger partial charge on any atom is 0.311 e. The molecule has 0 heterocycles. The Morgan fingerprint density at radius 2 is 1.96 bits per heavy atom. The fraction of sp³-hybridized carbons (Fsp3) is 0.619. The van der Waals surface area contributed by atoms with Crippen LogP contribution in [-0.4, -0.2) is 5.97 Å². The Morgan fingerprint density at radius 1 is 1.24 bits per heavy atom. The fourth-order valence-corrected chi connectivity index (χ4v) is 3.92. The van der Waals surface area contributed by atoms with E-state index in [-0.39, 0.29) is 17.3 Å². The molecule has 25 heavy (non-hydrogen) atoms. The molecule has 0 spiro atoms. The van der Waals surface area contributed by atoms with Crippen molar-refractivity contribution in [2.75, 3.05) is 0 Å². The summed E-state index contributed by atoms with van der Waals surface area (Å²) in [5.41, 5.74) is 0.365. The molecule has 2 rings (SSSR count). The molecule has 0 aromatic heterocycles. The van der Waals surface area contributed by atoms with E-state index in [9.17, 15) is 9.18 Å². The van der Waals surface area contributed by atoms with Crippen molar-refractivity contribution in [2.45, 2.75) is 77.6 Å². The molecule has 0 radical (unpaired) electrons. The second-order valence-electron chi connectivity index (χ2n) is 7.25. The number of halogens is 1. The maximum atomic E-state index is 13.6. The van der Waals surface area contributed by atoms with Crippen molar-refractivity contribution in [3.05, 3.63) is 29.6 Å². The molecule has 0 N–H and O–H groups in total. The van der Waals surface area contributed by atoms with Crippen molar-refractivity contribution < 1.29 is 13.9 Å². The predicted octanol–water partition coefficient (Wildman–Crippen LogP) is 5.91. The van der Waals surface area contributed by atoms with Crippen LogP contribution in [0.2, 0.25) is 0 Å². The average molecular weight is 345 g/mol. The average Bonchev–Trinajstić information content (AvgIpc) is 2.61. The molecule has 1 aliphatic carbocycles. The standard InChI is InChI=1S/C21H28FNO2/c1-2-3-11-21(12-5-4-6-13-21)14-7-8-20(24)25-18-10-9-17(16-23)19(22)15-18/h9-10,15H,2-8,11-14H2,1H3. The number of hydrogen-bond donors (Lipinski definition) is 0. The van der Waals surface area contributed by atoms with Crippen molar-refractivity contribution in [1.82, 2.24) is 0 Å². The van der Waals surface area contributed by atoms with Crippen LogP contribution in [-0.2, 0) is 4.79 Å². The van der Waals surface area contributed by atoms with Crippen LogP contribution < -0.4 is 4.74 Å². The Hall–Kier alpha value is -1.89. The van der Waals surface area contributed by atoms with Crippen LogP contribution in [0.25, 0.3) is 0 Å². The number of ether oxygens (including phenoxy) is 1. The fourth-order valence-electron chi connectivity index (χ4n) is 3.92. The van der Waals surface area contributed by atoms with Crippen molar-refractivity contribution in [3.8, 4) is 11.8 Å². The summed E-state index contributed by atoms with van der Waals surface area (Å²) in [6.07, 6.45) is 12.5. The molecule has 1 aromatic carbocycles.